The van der Waals surface area contributed by atoms with E-state index in [9.17, 15) is 8.42 Å². The van der Waals surface area contributed by atoms with Crippen LogP contribution in [0, 0.1) is 0 Å². The monoisotopic (exact) mass is 209 g/mol. The van der Waals surface area contributed by atoms with Gasteiger partial charge in [-0.05, 0) is 14.1 Å². The molecule has 0 spiro atoms. The lowest BCUT2D eigenvalue weighted by atomic mass is 10.2. The van der Waals surface area contributed by atoms with Gasteiger partial charge >= 0.3 is 0 Å². The molecule has 0 N–H and O–H groups in total. The van der Waals surface area contributed by atoms with Crippen molar-refractivity contribution >= 4 is 10.1 Å². The summed E-state index contributed by atoms with van der Waals surface area (Å²) in [5, 5.41) is 0. The first-order valence-electron chi connectivity index (χ1n) is 4.02. The fourth-order valence-electron chi connectivity index (χ4n) is 1.32. The molecule has 13 heavy (non-hydrogen) atoms. The fourth-order valence-corrected chi connectivity index (χ4v) is 1.95. The maximum absolute atomic E-state index is 10.9. The lowest BCUT2D eigenvalue weighted by molar-refractivity contribution is 0.134. The molecule has 0 aromatic carbocycles. The Bertz CT molecular complexity index is 262. The molecule has 0 bridgehead atoms. The standard InChI is InChI=1S/C7H15NO4S/c1-8(2)6-4-11-5-7(6)12-13(3,9)10/h6-7H,4-5H2,1-3H3/t6-,7-/m1/s1. The molecule has 5 nitrogen and oxygen atoms in total. The molecule has 1 rings (SSSR count). The van der Waals surface area contributed by atoms with Crippen LogP contribution >= 0.6 is 0 Å². The molecule has 1 aliphatic heterocycles. The van der Waals surface area contributed by atoms with Gasteiger partial charge in [0, 0.05) is 0 Å². The lowest BCUT2D eigenvalue weighted by Gasteiger charge is -2.22. The maximum atomic E-state index is 10.9. The molecule has 6 heteroatoms. The Labute approximate surface area is 78.7 Å². The predicted molar refractivity (Wildman–Crippen MR) is 48.0 cm³/mol. The Morgan fingerprint density at radius 2 is 2.00 bits per heavy atom. The third kappa shape index (κ3) is 3.22. The molecule has 0 radical (unpaired) electrons. The van der Waals surface area contributed by atoms with Crippen LogP contribution in [-0.2, 0) is 19.0 Å². The average molecular weight is 209 g/mol. The number of rotatable bonds is 3. The molecule has 1 fully saturated rings. The van der Waals surface area contributed by atoms with Crippen LogP contribution in [0.2, 0.25) is 0 Å². The highest BCUT2D eigenvalue weighted by atomic mass is 32.2. The lowest BCUT2D eigenvalue weighted by Crippen LogP contribution is -2.40. The van der Waals surface area contributed by atoms with Gasteiger partial charge in [-0.1, -0.05) is 0 Å². The second-order valence-corrected chi connectivity index (χ2v) is 5.01. The topological polar surface area (TPSA) is 55.8 Å². The molecule has 1 aliphatic rings. The summed E-state index contributed by atoms with van der Waals surface area (Å²) in [6.45, 7) is 0.864. The maximum Gasteiger partial charge on any atom is 0.264 e. The smallest absolute Gasteiger partial charge is 0.264 e. The number of nitrogens with zero attached hydrogens (tertiary/aromatic N) is 1. The van der Waals surface area contributed by atoms with E-state index in [1.54, 1.807) is 0 Å². The van der Waals surface area contributed by atoms with Crippen LogP contribution in [0.25, 0.3) is 0 Å². The van der Waals surface area contributed by atoms with E-state index in [2.05, 4.69) is 0 Å². The van der Waals surface area contributed by atoms with E-state index in [0.717, 1.165) is 6.26 Å². The van der Waals surface area contributed by atoms with Crippen LogP contribution in [0.3, 0.4) is 0 Å². The third-order valence-corrected chi connectivity index (χ3v) is 2.56. The van der Waals surface area contributed by atoms with Gasteiger partial charge in [0.2, 0.25) is 0 Å². The summed E-state index contributed by atoms with van der Waals surface area (Å²) in [6, 6.07) is 0.0229. The molecule has 0 aliphatic carbocycles. The van der Waals surface area contributed by atoms with Crippen LogP contribution in [0.4, 0.5) is 0 Å². The van der Waals surface area contributed by atoms with Crippen LogP contribution in [0.5, 0.6) is 0 Å². The van der Waals surface area contributed by atoms with Gasteiger partial charge in [0.05, 0.1) is 25.5 Å². The summed E-state index contributed by atoms with van der Waals surface area (Å²) >= 11 is 0. The minimum Gasteiger partial charge on any atom is -0.377 e. The zero-order chi connectivity index (χ0) is 10.1. The van der Waals surface area contributed by atoms with Gasteiger partial charge in [-0.25, -0.2) is 0 Å². The summed E-state index contributed by atoms with van der Waals surface area (Å²) in [7, 11) is 0.365. The van der Waals surface area contributed by atoms with Crippen molar-refractivity contribution in [3.05, 3.63) is 0 Å². The first-order chi connectivity index (χ1) is 5.90. The quantitative estimate of drug-likeness (QED) is 0.575. The Balaban J connectivity index is 2.59. The zero-order valence-electron chi connectivity index (χ0n) is 8.06. The van der Waals surface area contributed by atoms with Crippen LogP contribution in [-0.4, -0.2) is 59.0 Å². The van der Waals surface area contributed by atoms with Crippen molar-refractivity contribution in [2.75, 3.05) is 33.6 Å². The van der Waals surface area contributed by atoms with E-state index < -0.39 is 10.1 Å². The molecule has 1 saturated heterocycles. The van der Waals surface area contributed by atoms with E-state index >= 15 is 0 Å². The second kappa shape index (κ2) is 3.91. The Morgan fingerprint density at radius 1 is 1.38 bits per heavy atom. The highest BCUT2D eigenvalue weighted by molar-refractivity contribution is 7.86. The van der Waals surface area contributed by atoms with Crippen molar-refractivity contribution in [3.8, 4) is 0 Å². The summed E-state index contributed by atoms with van der Waals surface area (Å²) in [5.74, 6) is 0. The molecular weight excluding hydrogens is 194 g/mol. The van der Waals surface area contributed by atoms with Crippen LogP contribution in [0.1, 0.15) is 0 Å². The first kappa shape index (κ1) is 10.9. The fraction of sp³-hybridized carbons (Fsp3) is 1.00. The van der Waals surface area contributed by atoms with Crippen molar-refractivity contribution in [3.63, 3.8) is 0 Å². The van der Waals surface area contributed by atoms with Gasteiger partial charge in [-0.3, -0.25) is 4.18 Å². The van der Waals surface area contributed by atoms with Gasteiger partial charge < -0.3 is 9.64 Å². The van der Waals surface area contributed by atoms with Gasteiger partial charge in [-0.15, -0.1) is 0 Å². The first-order valence-corrected chi connectivity index (χ1v) is 5.84. The van der Waals surface area contributed by atoms with Gasteiger partial charge in [0.25, 0.3) is 10.1 Å². The number of hydrogen-bond donors (Lipinski definition) is 0. The van der Waals surface area contributed by atoms with E-state index in [4.69, 9.17) is 8.92 Å². The van der Waals surface area contributed by atoms with E-state index in [0.29, 0.717) is 13.2 Å². The van der Waals surface area contributed by atoms with E-state index in [1.165, 1.54) is 0 Å². The van der Waals surface area contributed by atoms with Crippen molar-refractivity contribution in [2.24, 2.45) is 0 Å². The summed E-state index contributed by atoms with van der Waals surface area (Å²) < 4.78 is 31.7. The minimum absolute atomic E-state index is 0.0229. The summed E-state index contributed by atoms with van der Waals surface area (Å²) in [4.78, 5) is 1.91. The van der Waals surface area contributed by atoms with E-state index in [1.807, 2.05) is 19.0 Å². The van der Waals surface area contributed by atoms with Gasteiger partial charge in [0.15, 0.2) is 0 Å². The average Bonchev–Trinajstić information content (AvgIpc) is 2.31. The van der Waals surface area contributed by atoms with Crippen molar-refractivity contribution in [2.45, 2.75) is 12.1 Å². The van der Waals surface area contributed by atoms with Gasteiger partial charge in [0.1, 0.15) is 6.10 Å². The highest BCUT2D eigenvalue weighted by Crippen LogP contribution is 2.15. The summed E-state index contributed by atoms with van der Waals surface area (Å²) in [6.07, 6.45) is 0.683. The molecule has 78 valence electrons. The molecule has 0 aromatic rings. The Hall–Kier alpha value is -0.170. The highest BCUT2D eigenvalue weighted by Gasteiger charge is 2.33. The molecule has 0 amide bonds. The molecule has 1 heterocycles. The van der Waals surface area contributed by atoms with Crippen LogP contribution in [0.15, 0.2) is 0 Å². The Morgan fingerprint density at radius 3 is 2.46 bits per heavy atom. The normalized spacial score (nSPS) is 29.8. The van der Waals surface area contributed by atoms with Crippen molar-refractivity contribution in [1.29, 1.82) is 0 Å². The molecule has 0 unspecified atom stereocenters. The molecule has 2 atom stereocenters. The third-order valence-electron chi connectivity index (χ3n) is 1.96. The molecular formula is C7H15NO4S. The number of likely N-dealkylation sites (N-methyl/N-ethyl adjacent to an activating group) is 1. The second-order valence-electron chi connectivity index (χ2n) is 3.41. The summed E-state index contributed by atoms with van der Waals surface area (Å²) in [5.41, 5.74) is 0. The number of hydrogen-bond acceptors (Lipinski definition) is 5. The SMILES string of the molecule is CN(C)[C@@H]1COC[C@H]1OS(C)(=O)=O. The van der Waals surface area contributed by atoms with Crippen molar-refractivity contribution in [1.82, 2.24) is 4.90 Å². The predicted octanol–water partition coefficient (Wildman–Crippen LogP) is -0.708. The van der Waals surface area contributed by atoms with E-state index in [-0.39, 0.29) is 12.1 Å². The van der Waals surface area contributed by atoms with Gasteiger partial charge in [-0.2, -0.15) is 8.42 Å². The molecule has 0 saturated carbocycles. The van der Waals surface area contributed by atoms with Crippen molar-refractivity contribution < 1.29 is 17.3 Å². The molecule has 0 aromatic heterocycles. The Kier molecular flexibility index (Phi) is 3.28. The van der Waals surface area contributed by atoms with Crippen LogP contribution < -0.4 is 0 Å². The zero-order valence-corrected chi connectivity index (χ0v) is 8.87. The minimum atomic E-state index is -3.38. The number of ether oxygens (including phenoxy) is 1. The largest absolute Gasteiger partial charge is 0.377 e.